The summed E-state index contributed by atoms with van der Waals surface area (Å²) in [4.78, 5) is 2.41. The van der Waals surface area contributed by atoms with Crippen molar-refractivity contribution in [2.45, 2.75) is 57.4 Å². The Kier molecular flexibility index (Phi) is 5.92. The van der Waals surface area contributed by atoms with Crippen molar-refractivity contribution in [3.8, 4) is 0 Å². The van der Waals surface area contributed by atoms with Crippen LogP contribution in [0.3, 0.4) is 0 Å². The van der Waals surface area contributed by atoms with E-state index in [-0.39, 0.29) is 5.54 Å². The van der Waals surface area contributed by atoms with Crippen LogP contribution in [-0.4, -0.2) is 36.8 Å². The van der Waals surface area contributed by atoms with Gasteiger partial charge in [-0.2, -0.15) is 0 Å². The lowest BCUT2D eigenvalue weighted by atomic mass is 9.84. The van der Waals surface area contributed by atoms with Crippen LogP contribution in [0.25, 0.3) is 0 Å². The summed E-state index contributed by atoms with van der Waals surface area (Å²) in [5, 5.41) is 0. The van der Waals surface area contributed by atoms with E-state index in [9.17, 15) is 0 Å². The third-order valence-corrected chi connectivity index (χ3v) is 4.81. The molecule has 108 valence electrons. The van der Waals surface area contributed by atoms with Crippen LogP contribution in [-0.2, 0) is 0 Å². The summed E-state index contributed by atoms with van der Waals surface area (Å²) in [6.45, 7) is 4.53. The lowest BCUT2D eigenvalue weighted by Gasteiger charge is -2.34. The molecule has 0 saturated carbocycles. The van der Waals surface area contributed by atoms with Crippen LogP contribution >= 0.6 is 12.1 Å². The van der Waals surface area contributed by atoms with Crippen molar-refractivity contribution in [2.24, 2.45) is 4.40 Å². The lowest BCUT2D eigenvalue weighted by Crippen LogP contribution is -2.46. The van der Waals surface area contributed by atoms with Crippen molar-refractivity contribution in [3.05, 3.63) is 11.6 Å². The molecule has 19 heavy (non-hydrogen) atoms. The molecular formula is C15H27N3S. The van der Waals surface area contributed by atoms with Gasteiger partial charge in [0.1, 0.15) is 0 Å². The van der Waals surface area contributed by atoms with Gasteiger partial charge in [-0.25, -0.2) is 9.12 Å². The Morgan fingerprint density at radius 1 is 1.37 bits per heavy atom. The van der Waals surface area contributed by atoms with E-state index in [0.29, 0.717) is 0 Å². The number of hydrogen-bond donors (Lipinski definition) is 1. The van der Waals surface area contributed by atoms with Crippen LogP contribution in [0, 0.1) is 0 Å². The number of likely N-dealkylation sites (N-methyl/N-ethyl adjacent to an activating group) is 1. The van der Waals surface area contributed by atoms with Crippen molar-refractivity contribution >= 4 is 18.3 Å². The van der Waals surface area contributed by atoms with E-state index < -0.39 is 0 Å². The SMILES string of the molecule is CCCCCCCC1(C2=CCCN(C)C2)C=NSN1. The van der Waals surface area contributed by atoms with Crippen molar-refractivity contribution in [1.29, 1.82) is 0 Å². The number of unbranched alkanes of at least 4 members (excludes halogenated alkanes) is 4. The van der Waals surface area contributed by atoms with E-state index in [1.807, 2.05) is 0 Å². The number of rotatable bonds is 7. The molecule has 2 heterocycles. The van der Waals surface area contributed by atoms with Crippen LogP contribution in [0.2, 0.25) is 0 Å². The van der Waals surface area contributed by atoms with Crippen molar-refractivity contribution in [3.63, 3.8) is 0 Å². The van der Waals surface area contributed by atoms with Crippen molar-refractivity contribution < 1.29 is 0 Å². The summed E-state index contributed by atoms with van der Waals surface area (Å²) >= 11 is 1.50. The van der Waals surface area contributed by atoms with E-state index in [0.717, 1.165) is 6.54 Å². The monoisotopic (exact) mass is 281 g/mol. The molecule has 0 saturated heterocycles. The lowest BCUT2D eigenvalue weighted by molar-refractivity contribution is 0.332. The Morgan fingerprint density at radius 3 is 2.89 bits per heavy atom. The first-order chi connectivity index (χ1) is 9.27. The Hall–Kier alpha value is -0.320. The summed E-state index contributed by atoms with van der Waals surface area (Å²) < 4.78 is 7.92. The Morgan fingerprint density at radius 2 is 2.21 bits per heavy atom. The van der Waals surface area contributed by atoms with Gasteiger partial charge in [0.25, 0.3) is 0 Å². The van der Waals surface area contributed by atoms with E-state index in [4.69, 9.17) is 0 Å². The average Bonchev–Trinajstić information content (AvgIpc) is 2.89. The molecule has 0 aromatic rings. The molecule has 0 aliphatic carbocycles. The van der Waals surface area contributed by atoms with Crippen LogP contribution in [0.15, 0.2) is 16.0 Å². The molecule has 1 unspecified atom stereocenters. The zero-order chi connectivity index (χ0) is 13.6. The quantitative estimate of drug-likeness (QED) is 0.439. The molecule has 2 aliphatic heterocycles. The summed E-state index contributed by atoms with van der Waals surface area (Å²) in [5.74, 6) is 0. The molecular weight excluding hydrogens is 254 g/mol. The first-order valence-corrected chi connectivity index (χ1v) is 8.40. The molecule has 0 radical (unpaired) electrons. The zero-order valence-corrected chi connectivity index (χ0v) is 13.1. The van der Waals surface area contributed by atoms with Gasteiger partial charge in [-0.3, -0.25) is 0 Å². The topological polar surface area (TPSA) is 27.6 Å². The van der Waals surface area contributed by atoms with Crippen LogP contribution < -0.4 is 4.72 Å². The molecule has 0 aromatic carbocycles. The highest BCUT2D eigenvalue weighted by atomic mass is 32.2. The molecule has 4 heteroatoms. The maximum Gasteiger partial charge on any atom is 0.0881 e. The molecule has 0 aromatic heterocycles. The summed E-state index contributed by atoms with van der Waals surface area (Å²) in [5.41, 5.74) is 1.55. The van der Waals surface area contributed by atoms with Crippen LogP contribution in [0.5, 0.6) is 0 Å². The minimum Gasteiger partial charge on any atom is -0.302 e. The van der Waals surface area contributed by atoms with E-state index in [1.54, 1.807) is 0 Å². The minimum absolute atomic E-state index is 0.0333. The van der Waals surface area contributed by atoms with Crippen molar-refractivity contribution in [1.82, 2.24) is 9.62 Å². The standard InChI is InChI=1S/C15H27N3S/c1-3-4-5-6-7-10-15(13-16-19-17-15)14-9-8-11-18(2)12-14/h9,13,17H,3-8,10-12H2,1-2H3. The van der Waals surface area contributed by atoms with E-state index >= 15 is 0 Å². The number of nitrogens with one attached hydrogen (secondary N) is 1. The molecule has 0 fully saturated rings. The molecule has 2 aliphatic rings. The highest BCUT2D eigenvalue weighted by molar-refractivity contribution is 7.96. The van der Waals surface area contributed by atoms with Gasteiger partial charge in [-0.1, -0.05) is 45.1 Å². The fourth-order valence-electron chi connectivity index (χ4n) is 2.90. The third-order valence-electron chi connectivity index (χ3n) is 4.14. The third kappa shape index (κ3) is 4.07. The van der Waals surface area contributed by atoms with Gasteiger partial charge >= 0.3 is 0 Å². The minimum atomic E-state index is 0.0333. The summed E-state index contributed by atoms with van der Waals surface area (Å²) in [6.07, 6.45) is 13.6. The van der Waals surface area contributed by atoms with Gasteiger partial charge in [0, 0.05) is 19.3 Å². The van der Waals surface area contributed by atoms with Gasteiger partial charge < -0.3 is 4.90 Å². The Labute approximate surface area is 122 Å². The Balaban J connectivity index is 1.90. The fraction of sp³-hybridized carbons (Fsp3) is 0.800. The second kappa shape index (κ2) is 7.46. The number of hydrogen-bond acceptors (Lipinski definition) is 4. The molecule has 1 atom stereocenters. The van der Waals surface area contributed by atoms with E-state index in [1.165, 1.54) is 69.2 Å². The molecule has 0 amide bonds. The first kappa shape index (κ1) is 15.1. The van der Waals surface area contributed by atoms with Crippen LogP contribution in [0.4, 0.5) is 0 Å². The van der Waals surface area contributed by atoms with Gasteiger partial charge in [0.2, 0.25) is 0 Å². The second-order valence-corrected chi connectivity index (χ2v) is 6.42. The molecule has 0 bridgehead atoms. The predicted octanol–water partition coefficient (Wildman–Crippen LogP) is 3.58. The highest BCUT2D eigenvalue weighted by Crippen LogP contribution is 2.32. The Bertz CT molecular complexity index is 340. The smallest absolute Gasteiger partial charge is 0.0881 e. The second-order valence-electron chi connectivity index (χ2n) is 5.82. The maximum absolute atomic E-state index is 4.37. The molecule has 3 nitrogen and oxygen atoms in total. The largest absolute Gasteiger partial charge is 0.302 e. The molecule has 2 rings (SSSR count). The average molecular weight is 281 g/mol. The normalized spacial score (nSPS) is 27.8. The fourth-order valence-corrected chi connectivity index (χ4v) is 3.63. The first-order valence-electron chi connectivity index (χ1n) is 7.62. The van der Waals surface area contributed by atoms with Crippen LogP contribution in [0.1, 0.15) is 51.9 Å². The zero-order valence-electron chi connectivity index (χ0n) is 12.3. The van der Waals surface area contributed by atoms with Gasteiger partial charge in [0.05, 0.1) is 17.7 Å². The predicted molar refractivity (Wildman–Crippen MR) is 85.5 cm³/mol. The molecule has 1 N–H and O–H groups in total. The van der Waals surface area contributed by atoms with Gasteiger partial charge in [-0.05, 0) is 25.5 Å². The summed E-state index contributed by atoms with van der Waals surface area (Å²) in [6, 6.07) is 0. The van der Waals surface area contributed by atoms with Crippen molar-refractivity contribution in [2.75, 3.05) is 20.1 Å². The van der Waals surface area contributed by atoms with Gasteiger partial charge in [0.15, 0.2) is 0 Å². The maximum atomic E-state index is 4.37. The number of nitrogens with zero attached hydrogens (tertiary/aromatic N) is 2. The molecule has 0 spiro atoms. The summed E-state index contributed by atoms with van der Waals surface area (Å²) in [7, 11) is 2.21. The van der Waals surface area contributed by atoms with E-state index in [2.05, 4.69) is 40.3 Å². The van der Waals surface area contributed by atoms with Gasteiger partial charge in [-0.15, -0.1) is 0 Å². The highest BCUT2D eigenvalue weighted by Gasteiger charge is 2.36.